The van der Waals surface area contributed by atoms with Crippen LogP contribution in [-0.4, -0.2) is 29.9 Å². The zero-order valence-electron chi connectivity index (χ0n) is 11.0. The number of hydrogen-bond donors (Lipinski definition) is 1. The van der Waals surface area contributed by atoms with Crippen LogP contribution in [0.15, 0.2) is 22.7 Å². The Morgan fingerprint density at radius 1 is 1.30 bits per heavy atom. The van der Waals surface area contributed by atoms with Crippen molar-refractivity contribution in [3.8, 4) is 11.5 Å². The van der Waals surface area contributed by atoms with Gasteiger partial charge in [0.2, 0.25) is 0 Å². The molecule has 0 amide bonds. The van der Waals surface area contributed by atoms with Crippen LogP contribution in [0, 0.1) is 0 Å². The third kappa shape index (κ3) is 2.27. The summed E-state index contributed by atoms with van der Waals surface area (Å²) < 4.78 is 10.7. The van der Waals surface area contributed by atoms with Gasteiger partial charge in [-0.2, -0.15) is 4.98 Å². The van der Waals surface area contributed by atoms with Crippen molar-refractivity contribution in [2.24, 2.45) is 0 Å². The van der Waals surface area contributed by atoms with Crippen molar-refractivity contribution in [1.82, 2.24) is 10.1 Å². The molecule has 0 radical (unpaired) electrons. The van der Waals surface area contributed by atoms with Gasteiger partial charge in [0.05, 0.1) is 6.61 Å². The van der Waals surface area contributed by atoms with Gasteiger partial charge in [-0.15, -0.1) is 12.4 Å². The van der Waals surface area contributed by atoms with Crippen molar-refractivity contribution in [1.29, 1.82) is 0 Å². The lowest BCUT2D eigenvalue weighted by atomic mass is 10.1. The highest BCUT2D eigenvalue weighted by Crippen LogP contribution is 2.29. The fourth-order valence-corrected chi connectivity index (χ4v) is 2.69. The first kappa shape index (κ1) is 13.4. The van der Waals surface area contributed by atoms with Gasteiger partial charge in [-0.25, -0.2) is 0 Å². The summed E-state index contributed by atoms with van der Waals surface area (Å²) in [6, 6.07) is 6.25. The summed E-state index contributed by atoms with van der Waals surface area (Å²) in [5.41, 5.74) is 3.54. The molecule has 1 unspecified atom stereocenters. The van der Waals surface area contributed by atoms with Crippen LogP contribution in [0.4, 0.5) is 5.69 Å². The molecule has 20 heavy (non-hydrogen) atoms. The van der Waals surface area contributed by atoms with Crippen molar-refractivity contribution < 1.29 is 9.26 Å². The third-order valence-corrected chi connectivity index (χ3v) is 3.80. The lowest BCUT2D eigenvalue weighted by Crippen LogP contribution is -1.99. The van der Waals surface area contributed by atoms with Crippen molar-refractivity contribution in [3.05, 3.63) is 29.6 Å². The first-order valence-electron chi connectivity index (χ1n) is 6.69. The summed E-state index contributed by atoms with van der Waals surface area (Å²) in [6.45, 7) is 2.50. The van der Waals surface area contributed by atoms with Gasteiger partial charge in [0.15, 0.2) is 5.82 Å². The maximum absolute atomic E-state index is 5.39. The van der Waals surface area contributed by atoms with E-state index in [4.69, 9.17) is 9.26 Å². The second-order valence-corrected chi connectivity index (χ2v) is 5.07. The number of halogens is 1. The van der Waals surface area contributed by atoms with Gasteiger partial charge in [0, 0.05) is 30.3 Å². The molecule has 0 aliphatic carbocycles. The molecule has 2 aliphatic rings. The SMILES string of the molecule is Cl.c1cc2c(cc1-c1nc(C3CCOC3)no1)CCN2. The number of nitrogens with one attached hydrogen (secondary N) is 1. The zero-order valence-corrected chi connectivity index (χ0v) is 11.8. The molecule has 2 aromatic rings. The Morgan fingerprint density at radius 2 is 2.25 bits per heavy atom. The molecule has 1 aromatic heterocycles. The number of benzene rings is 1. The van der Waals surface area contributed by atoms with E-state index < -0.39 is 0 Å². The number of fused-ring (bicyclic) bond motifs is 1. The largest absolute Gasteiger partial charge is 0.384 e. The van der Waals surface area contributed by atoms with Crippen LogP contribution in [0.3, 0.4) is 0 Å². The Hall–Kier alpha value is -1.59. The molecule has 1 saturated heterocycles. The Bertz CT molecular complexity index is 608. The first-order valence-corrected chi connectivity index (χ1v) is 6.69. The van der Waals surface area contributed by atoms with Gasteiger partial charge < -0.3 is 14.6 Å². The molecule has 1 N–H and O–H groups in total. The second kappa shape index (κ2) is 5.42. The van der Waals surface area contributed by atoms with Crippen LogP contribution in [0.1, 0.15) is 23.7 Å². The summed E-state index contributed by atoms with van der Waals surface area (Å²) in [5.74, 6) is 1.66. The fourth-order valence-electron chi connectivity index (χ4n) is 2.69. The molecule has 0 bridgehead atoms. The van der Waals surface area contributed by atoms with E-state index in [2.05, 4.69) is 27.6 Å². The summed E-state index contributed by atoms with van der Waals surface area (Å²) in [5, 5.41) is 7.43. The molecule has 0 saturated carbocycles. The van der Waals surface area contributed by atoms with Gasteiger partial charge in [-0.3, -0.25) is 0 Å². The molecule has 6 heteroatoms. The molecular formula is C14H16ClN3O2. The van der Waals surface area contributed by atoms with E-state index in [1.54, 1.807) is 0 Å². The topological polar surface area (TPSA) is 60.2 Å². The van der Waals surface area contributed by atoms with Gasteiger partial charge in [-0.1, -0.05) is 5.16 Å². The number of rotatable bonds is 2. The molecule has 1 atom stereocenters. The highest BCUT2D eigenvalue weighted by Gasteiger charge is 2.23. The standard InChI is InChI=1S/C14H15N3O2.ClH/c1-2-12-9(3-5-15-12)7-10(1)14-16-13(17-19-14)11-4-6-18-8-11;/h1-2,7,11,15H,3-6,8H2;1H. The monoisotopic (exact) mass is 293 g/mol. The van der Waals surface area contributed by atoms with Crippen molar-refractivity contribution >= 4 is 18.1 Å². The van der Waals surface area contributed by atoms with Gasteiger partial charge in [0.1, 0.15) is 0 Å². The van der Waals surface area contributed by atoms with E-state index in [0.717, 1.165) is 37.4 Å². The molecule has 1 aromatic carbocycles. The van der Waals surface area contributed by atoms with Crippen LogP contribution < -0.4 is 5.32 Å². The van der Waals surface area contributed by atoms with Crippen LogP contribution in [-0.2, 0) is 11.2 Å². The Labute approximate surface area is 123 Å². The Morgan fingerprint density at radius 3 is 3.10 bits per heavy atom. The highest BCUT2D eigenvalue weighted by atomic mass is 35.5. The smallest absolute Gasteiger partial charge is 0.257 e. The summed E-state index contributed by atoms with van der Waals surface area (Å²) in [4.78, 5) is 4.51. The van der Waals surface area contributed by atoms with Crippen LogP contribution >= 0.6 is 12.4 Å². The fraction of sp³-hybridized carbons (Fsp3) is 0.429. The minimum atomic E-state index is 0. The van der Waals surface area contributed by atoms with Crippen LogP contribution in [0.2, 0.25) is 0 Å². The maximum Gasteiger partial charge on any atom is 0.257 e. The summed E-state index contributed by atoms with van der Waals surface area (Å²) in [6.07, 6.45) is 2.04. The van der Waals surface area contributed by atoms with Crippen molar-refractivity contribution in [3.63, 3.8) is 0 Å². The van der Waals surface area contributed by atoms with E-state index in [1.165, 1.54) is 11.3 Å². The predicted octanol–water partition coefficient (Wildman–Crippen LogP) is 2.63. The number of aromatic nitrogens is 2. The van der Waals surface area contributed by atoms with Gasteiger partial charge in [0.25, 0.3) is 5.89 Å². The number of hydrogen-bond acceptors (Lipinski definition) is 5. The van der Waals surface area contributed by atoms with E-state index >= 15 is 0 Å². The molecule has 106 valence electrons. The Kier molecular flexibility index (Phi) is 3.63. The molecule has 5 nitrogen and oxygen atoms in total. The van der Waals surface area contributed by atoms with Gasteiger partial charge in [-0.05, 0) is 36.6 Å². The summed E-state index contributed by atoms with van der Waals surface area (Å²) in [7, 11) is 0. The maximum atomic E-state index is 5.39. The normalized spacial score (nSPS) is 20.3. The van der Waals surface area contributed by atoms with E-state index in [1.807, 2.05) is 6.07 Å². The van der Waals surface area contributed by atoms with E-state index in [9.17, 15) is 0 Å². The average molecular weight is 294 g/mol. The average Bonchev–Trinajstić information content (AvgIpc) is 3.18. The molecule has 1 fully saturated rings. The number of nitrogens with zero attached hydrogens (tertiary/aromatic N) is 2. The lowest BCUT2D eigenvalue weighted by Gasteiger charge is -2.00. The molecule has 2 aliphatic heterocycles. The van der Waals surface area contributed by atoms with Crippen molar-refractivity contribution in [2.75, 3.05) is 25.1 Å². The van der Waals surface area contributed by atoms with Crippen LogP contribution in [0.25, 0.3) is 11.5 Å². The first-order chi connectivity index (χ1) is 9.40. The van der Waals surface area contributed by atoms with Crippen LogP contribution in [0.5, 0.6) is 0 Å². The second-order valence-electron chi connectivity index (χ2n) is 5.07. The van der Waals surface area contributed by atoms with Gasteiger partial charge >= 0.3 is 0 Å². The van der Waals surface area contributed by atoms with E-state index in [0.29, 0.717) is 12.5 Å². The molecule has 3 heterocycles. The zero-order chi connectivity index (χ0) is 12.7. The minimum absolute atomic E-state index is 0. The molecule has 0 spiro atoms. The number of anilines is 1. The number of ether oxygens (including phenoxy) is 1. The van der Waals surface area contributed by atoms with Crippen molar-refractivity contribution in [2.45, 2.75) is 18.8 Å². The lowest BCUT2D eigenvalue weighted by molar-refractivity contribution is 0.192. The quantitative estimate of drug-likeness (QED) is 0.922. The molecular weight excluding hydrogens is 278 g/mol. The molecule has 4 rings (SSSR count). The minimum Gasteiger partial charge on any atom is -0.384 e. The Balaban J connectivity index is 0.00000121. The third-order valence-electron chi connectivity index (χ3n) is 3.80. The highest BCUT2D eigenvalue weighted by molar-refractivity contribution is 5.85. The van der Waals surface area contributed by atoms with E-state index in [-0.39, 0.29) is 18.3 Å². The predicted molar refractivity (Wildman–Crippen MR) is 77.4 cm³/mol. The summed E-state index contributed by atoms with van der Waals surface area (Å²) >= 11 is 0.